The molecule has 0 saturated carbocycles. The van der Waals surface area contributed by atoms with Crippen LogP contribution in [0.1, 0.15) is 62.3 Å². The quantitative estimate of drug-likeness (QED) is 0.857. The van der Waals surface area contributed by atoms with E-state index in [9.17, 15) is 5.11 Å². The Bertz CT molecular complexity index is 545. The highest BCUT2D eigenvalue weighted by atomic mass is 16.5. The Labute approximate surface area is 134 Å². The van der Waals surface area contributed by atoms with Crippen LogP contribution in [0.15, 0.2) is 12.1 Å². The summed E-state index contributed by atoms with van der Waals surface area (Å²) in [6.07, 6.45) is 4.57. The minimum Gasteiger partial charge on any atom is -0.486 e. The molecule has 1 saturated heterocycles. The molecule has 2 aliphatic rings. The van der Waals surface area contributed by atoms with Crippen LogP contribution in [0.25, 0.3) is 0 Å². The molecule has 1 aromatic rings. The van der Waals surface area contributed by atoms with Gasteiger partial charge in [-0.3, -0.25) is 4.90 Å². The first-order chi connectivity index (χ1) is 10.4. The fraction of sp³-hybridized carbons (Fsp3) is 0.684. The Morgan fingerprint density at radius 1 is 1.05 bits per heavy atom. The van der Waals surface area contributed by atoms with E-state index in [1.165, 1.54) is 36.8 Å². The van der Waals surface area contributed by atoms with Crippen LogP contribution in [0.2, 0.25) is 0 Å². The summed E-state index contributed by atoms with van der Waals surface area (Å²) in [5, 5.41) is 11.1. The molecule has 0 radical (unpaired) electrons. The fourth-order valence-corrected chi connectivity index (χ4v) is 4.04. The van der Waals surface area contributed by atoms with Crippen molar-refractivity contribution < 1.29 is 9.84 Å². The van der Waals surface area contributed by atoms with E-state index in [-0.39, 0.29) is 11.6 Å². The molecule has 22 heavy (non-hydrogen) atoms. The molecule has 3 nitrogen and oxygen atoms in total. The molecular weight excluding hydrogens is 274 g/mol. The number of benzene rings is 1. The lowest BCUT2D eigenvalue weighted by molar-refractivity contribution is -0.0818. The summed E-state index contributed by atoms with van der Waals surface area (Å²) >= 11 is 0. The van der Waals surface area contributed by atoms with Crippen molar-refractivity contribution in [3.8, 4) is 5.75 Å². The van der Waals surface area contributed by atoms with Crippen LogP contribution in [0.5, 0.6) is 5.75 Å². The zero-order chi connectivity index (χ0) is 15.9. The Morgan fingerprint density at radius 3 is 2.27 bits per heavy atom. The van der Waals surface area contributed by atoms with Gasteiger partial charge < -0.3 is 9.84 Å². The van der Waals surface area contributed by atoms with E-state index in [0.29, 0.717) is 0 Å². The SMILES string of the molecule is Cc1cc2c(cc1C)C(O)C(N1CCCCCC1)C(C)(C)O2. The number of aliphatic hydroxyl groups is 1. The van der Waals surface area contributed by atoms with Gasteiger partial charge in [0.15, 0.2) is 0 Å². The molecule has 1 aromatic carbocycles. The van der Waals surface area contributed by atoms with Gasteiger partial charge in [0, 0.05) is 5.56 Å². The number of ether oxygens (including phenoxy) is 1. The third-order valence-corrected chi connectivity index (χ3v) is 5.36. The first kappa shape index (κ1) is 15.8. The van der Waals surface area contributed by atoms with Crippen molar-refractivity contribution in [2.75, 3.05) is 13.1 Å². The monoisotopic (exact) mass is 303 g/mol. The van der Waals surface area contributed by atoms with Crippen molar-refractivity contribution in [1.82, 2.24) is 4.90 Å². The van der Waals surface area contributed by atoms with Crippen molar-refractivity contribution in [3.63, 3.8) is 0 Å². The van der Waals surface area contributed by atoms with Gasteiger partial charge in [-0.1, -0.05) is 12.8 Å². The Kier molecular flexibility index (Phi) is 4.21. The molecule has 2 heterocycles. The van der Waals surface area contributed by atoms with Crippen LogP contribution in [-0.2, 0) is 0 Å². The molecule has 1 N–H and O–H groups in total. The molecule has 3 rings (SSSR count). The number of hydrogen-bond acceptors (Lipinski definition) is 3. The Hall–Kier alpha value is -1.06. The topological polar surface area (TPSA) is 32.7 Å². The van der Waals surface area contributed by atoms with Gasteiger partial charge in [-0.15, -0.1) is 0 Å². The maximum Gasteiger partial charge on any atom is 0.126 e. The average Bonchev–Trinajstić information content (AvgIpc) is 2.70. The molecule has 0 aliphatic carbocycles. The minimum absolute atomic E-state index is 0.0280. The molecule has 0 amide bonds. The highest BCUT2D eigenvalue weighted by Crippen LogP contribution is 2.43. The first-order valence-corrected chi connectivity index (χ1v) is 8.62. The smallest absolute Gasteiger partial charge is 0.126 e. The predicted octanol–water partition coefficient (Wildman–Crippen LogP) is 3.75. The van der Waals surface area contributed by atoms with E-state index in [2.05, 4.69) is 44.7 Å². The molecule has 2 atom stereocenters. The highest BCUT2D eigenvalue weighted by Gasteiger charge is 2.46. The molecule has 0 spiro atoms. The highest BCUT2D eigenvalue weighted by molar-refractivity contribution is 5.46. The van der Waals surface area contributed by atoms with Crippen molar-refractivity contribution in [3.05, 3.63) is 28.8 Å². The zero-order valence-corrected chi connectivity index (χ0v) is 14.4. The molecule has 3 heteroatoms. The summed E-state index contributed by atoms with van der Waals surface area (Å²) in [7, 11) is 0. The van der Waals surface area contributed by atoms with Crippen LogP contribution in [0, 0.1) is 13.8 Å². The number of hydrogen-bond donors (Lipinski definition) is 1. The summed E-state index contributed by atoms with van der Waals surface area (Å²) in [6, 6.07) is 4.21. The van der Waals surface area contributed by atoms with Gasteiger partial charge in [0.1, 0.15) is 17.5 Å². The number of fused-ring (bicyclic) bond motifs is 1. The number of nitrogens with zero attached hydrogens (tertiary/aromatic N) is 1. The van der Waals surface area contributed by atoms with Gasteiger partial charge in [0.25, 0.3) is 0 Å². The summed E-state index contributed by atoms with van der Waals surface area (Å²) < 4.78 is 6.33. The summed E-state index contributed by atoms with van der Waals surface area (Å²) in [6.45, 7) is 10.6. The average molecular weight is 303 g/mol. The summed E-state index contributed by atoms with van der Waals surface area (Å²) in [5.41, 5.74) is 3.01. The summed E-state index contributed by atoms with van der Waals surface area (Å²) in [5.74, 6) is 0.853. The van der Waals surface area contributed by atoms with Crippen LogP contribution >= 0.6 is 0 Å². The van der Waals surface area contributed by atoms with Crippen molar-refractivity contribution in [2.24, 2.45) is 0 Å². The number of aryl methyl sites for hydroxylation is 2. The van der Waals surface area contributed by atoms with Crippen LogP contribution < -0.4 is 4.74 Å². The Balaban J connectivity index is 1.98. The number of rotatable bonds is 1. The lowest BCUT2D eigenvalue weighted by Gasteiger charge is -2.48. The van der Waals surface area contributed by atoms with Crippen molar-refractivity contribution >= 4 is 0 Å². The van der Waals surface area contributed by atoms with E-state index in [0.717, 1.165) is 24.4 Å². The second-order valence-corrected chi connectivity index (χ2v) is 7.52. The van der Waals surface area contributed by atoms with Gasteiger partial charge in [-0.25, -0.2) is 0 Å². The van der Waals surface area contributed by atoms with E-state index >= 15 is 0 Å². The standard InChI is InChI=1S/C19H29NO2/c1-13-11-15-16(12-14(13)2)22-19(3,4)18(17(15)21)20-9-7-5-6-8-10-20/h11-12,17-18,21H,5-10H2,1-4H3. The van der Waals surface area contributed by atoms with Crippen LogP contribution in [0.3, 0.4) is 0 Å². The summed E-state index contributed by atoms with van der Waals surface area (Å²) in [4.78, 5) is 2.45. The normalized spacial score (nSPS) is 28.6. The predicted molar refractivity (Wildman–Crippen MR) is 89.4 cm³/mol. The minimum atomic E-state index is -0.476. The third-order valence-electron chi connectivity index (χ3n) is 5.36. The van der Waals surface area contributed by atoms with Crippen molar-refractivity contribution in [2.45, 2.75) is 71.1 Å². The lowest BCUT2D eigenvalue weighted by atomic mass is 9.83. The third kappa shape index (κ3) is 2.77. The van der Waals surface area contributed by atoms with Gasteiger partial charge >= 0.3 is 0 Å². The molecule has 0 bridgehead atoms. The number of aliphatic hydroxyl groups excluding tert-OH is 1. The van der Waals surface area contributed by atoms with E-state index in [1.807, 2.05) is 0 Å². The van der Waals surface area contributed by atoms with Gasteiger partial charge in [-0.05, 0) is 76.9 Å². The van der Waals surface area contributed by atoms with Crippen LogP contribution in [-0.4, -0.2) is 34.7 Å². The van der Waals surface area contributed by atoms with Gasteiger partial charge in [0.05, 0.1) is 6.04 Å². The van der Waals surface area contributed by atoms with E-state index in [1.54, 1.807) is 0 Å². The largest absolute Gasteiger partial charge is 0.486 e. The fourth-order valence-electron chi connectivity index (χ4n) is 4.04. The molecule has 1 fully saturated rings. The van der Waals surface area contributed by atoms with Gasteiger partial charge in [-0.2, -0.15) is 0 Å². The molecule has 0 aromatic heterocycles. The Morgan fingerprint density at radius 2 is 1.64 bits per heavy atom. The molecule has 2 unspecified atom stereocenters. The van der Waals surface area contributed by atoms with E-state index < -0.39 is 6.10 Å². The van der Waals surface area contributed by atoms with Crippen LogP contribution in [0.4, 0.5) is 0 Å². The maximum absolute atomic E-state index is 11.1. The van der Waals surface area contributed by atoms with Gasteiger partial charge in [0.2, 0.25) is 0 Å². The zero-order valence-electron chi connectivity index (χ0n) is 14.4. The second-order valence-electron chi connectivity index (χ2n) is 7.52. The molecular formula is C19H29NO2. The molecule has 122 valence electrons. The number of likely N-dealkylation sites (tertiary alicyclic amines) is 1. The first-order valence-electron chi connectivity index (χ1n) is 8.62. The second kappa shape index (κ2) is 5.86. The lowest BCUT2D eigenvalue weighted by Crippen LogP contribution is -2.58. The maximum atomic E-state index is 11.1. The van der Waals surface area contributed by atoms with E-state index in [4.69, 9.17) is 4.74 Å². The van der Waals surface area contributed by atoms with Crippen molar-refractivity contribution in [1.29, 1.82) is 0 Å². The molecule has 2 aliphatic heterocycles.